The van der Waals surface area contributed by atoms with Crippen LogP contribution in [0.5, 0.6) is 0 Å². The minimum atomic E-state index is -0.861. The highest BCUT2D eigenvalue weighted by molar-refractivity contribution is 6.20. The molecule has 1 saturated carbocycles. The second-order valence-corrected chi connectivity index (χ2v) is 4.96. The fraction of sp³-hybridized carbons (Fsp3) is 0.727. The number of rotatable bonds is 2. The van der Waals surface area contributed by atoms with Crippen LogP contribution in [0.15, 0.2) is 4.99 Å². The first-order valence-electron chi connectivity index (χ1n) is 5.67. The standard InChI is InChI=1S/C11H17N3O2/c1-6(2)7(12)8-13-9(15)11(4-3-5-11)10(16)14-8/h6-7H,3-5,12H2,1-2H3,(H,13,14,15,16). The van der Waals surface area contributed by atoms with Crippen molar-refractivity contribution in [3.05, 3.63) is 0 Å². The highest BCUT2D eigenvalue weighted by Gasteiger charge is 2.53. The van der Waals surface area contributed by atoms with Gasteiger partial charge in [-0.1, -0.05) is 20.3 Å². The molecule has 0 bridgehead atoms. The maximum absolute atomic E-state index is 11.9. The normalized spacial score (nSPS) is 25.1. The maximum atomic E-state index is 11.9. The Balaban J connectivity index is 2.24. The van der Waals surface area contributed by atoms with Crippen molar-refractivity contribution in [3.8, 4) is 0 Å². The SMILES string of the molecule is CC(C)C(N)C1=NC(=O)C2(CCC2)C(=O)N1. The first-order chi connectivity index (χ1) is 7.47. The summed E-state index contributed by atoms with van der Waals surface area (Å²) in [5.41, 5.74) is 5.01. The topological polar surface area (TPSA) is 84.5 Å². The Kier molecular flexibility index (Phi) is 2.58. The molecule has 5 nitrogen and oxygen atoms in total. The summed E-state index contributed by atoms with van der Waals surface area (Å²) >= 11 is 0. The van der Waals surface area contributed by atoms with Crippen LogP contribution in [0, 0.1) is 11.3 Å². The van der Waals surface area contributed by atoms with Gasteiger partial charge in [0.1, 0.15) is 11.3 Å². The van der Waals surface area contributed by atoms with E-state index in [0.717, 1.165) is 6.42 Å². The van der Waals surface area contributed by atoms with Gasteiger partial charge in [0.25, 0.3) is 5.91 Å². The van der Waals surface area contributed by atoms with Crippen LogP contribution in [0.4, 0.5) is 0 Å². The van der Waals surface area contributed by atoms with E-state index in [4.69, 9.17) is 5.73 Å². The van der Waals surface area contributed by atoms with E-state index in [-0.39, 0.29) is 23.8 Å². The molecule has 1 unspecified atom stereocenters. The molecular formula is C11H17N3O2. The van der Waals surface area contributed by atoms with Gasteiger partial charge in [0.05, 0.1) is 6.04 Å². The minimum absolute atomic E-state index is 0.141. The number of nitrogens with one attached hydrogen (secondary N) is 1. The van der Waals surface area contributed by atoms with Crippen LogP contribution >= 0.6 is 0 Å². The van der Waals surface area contributed by atoms with E-state index < -0.39 is 5.41 Å². The van der Waals surface area contributed by atoms with E-state index >= 15 is 0 Å². The number of nitrogens with zero attached hydrogens (tertiary/aromatic N) is 1. The average Bonchev–Trinajstić information content (AvgIpc) is 2.13. The molecule has 0 aromatic heterocycles. The molecule has 1 spiro atoms. The number of amides is 2. The third-order valence-corrected chi connectivity index (χ3v) is 3.55. The first-order valence-corrected chi connectivity index (χ1v) is 5.67. The summed E-state index contributed by atoms with van der Waals surface area (Å²) in [6.45, 7) is 3.86. The van der Waals surface area contributed by atoms with Crippen LogP contribution in [0.25, 0.3) is 0 Å². The lowest BCUT2D eigenvalue weighted by molar-refractivity contribution is -0.147. The lowest BCUT2D eigenvalue weighted by atomic mass is 9.66. The van der Waals surface area contributed by atoms with Crippen LogP contribution in [-0.2, 0) is 9.59 Å². The molecule has 88 valence electrons. The number of hydrogen-bond donors (Lipinski definition) is 2. The van der Waals surface area contributed by atoms with E-state index in [0.29, 0.717) is 18.7 Å². The molecule has 0 saturated heterocycles. The Morgan fingerprint density at radius 2 is 2.00 bits per heavy atom. The number of carbonyl (C=O) groups excluding carboxylic acids is 2. The molecule has 0 aromatic carbocycles. The van der Waals surface area contributed by atoms with Crippen molar-refractivity contribution in [2.75, 3.05) is 0 Å². The Labute approximate surface area is 94.5 Å². The molecule has 1 aliphatic carbocycles. The van der Waals surface area contributed by atoms with Crippen LogP contribution in [0.1, 0.15) is 33.1 Å². The number of amidine groups is 1. The molecule has 2 aliphatic rings. The zero-order valence-electron chi connectivity index (χ0n) is 9.62. The third kappa shape index (κ3) is 1.46. The molecule has 5 heteroatoms. The van der Waals surface area contributed by atoms with Crippen LogP contribution in [0.3, 0.4) is 0 Å². The highest BCUT2D eigenvalue weighted by atomic mass is 16.2. The van der Waals surface area contributed by atoms with Crippen molar-refractivity contribution in [3.63, 3.8) is 0 Å². The zero-order chi connectivity index (χ0) is 11.9. The van der Waals surface area contributed by atoms with Gasteiger partial charge >= 0.3 is 0 Å². The van der Waals surface area contributed by atoms with Gasteiger partial charge < -0.3 is 11.1 Å². The molecule has 2 rings (SSSR count). The summed E-state index contributed by atoms with van der Waals surface area (Å²) in [5.74, 6) is -0.0664. The molecule has 1 heterocycles. The van der Waals surface area contributed by atoms with Gasteiger partial charge in [0, 0.05) is 0 Å². The minimum Gasteiger partial charge on any atom is -0.321 e. The van der Waals surface area contributed by atoms with E-state index in [1.54, 1.807) is 0 Å². The fourth-order valence-electron chi connectivity index (χ4n) is 2.02. The zero-order valence-corrected chi connectivity index (χ0v) is 9.62. The molecule has 2 amide bonds. The molecule has 1 aliphatic heterocycles. The van der Waals surface area contributed by atoms with Crippen molar-refractivity contribution in [2.45, 2.75) is 39.2 Å². The quantitative estimate of drug-likeness (QED) is 0.655. The van der Waals surface area contributed by atoms with Gasteiger partial charge in [-0.25, -0.2) is 0 Å². The molecular weight excluding hydrogens is 206 g/mol. The van der Waals surface area contributed by atoms with Gasteiger partial charge in [-0.3, -0.25) is 9.59 Å². The van der Waals surface area contributed by atoms with Crippen molar-refractivity contribution in [1.82, 2.24) is 5.32 Å². The number of aliphatic imine (C=N–C) groups is 1. The van der Waals surface area contributed by atoms with Gasteiger partial charge in [-0.2, -0.15) is 4.99 Å². The largest absolute Gasteiger partial charge is 0.321 e. The molecule has 1 fully saturated rings. The number of hydrogen-bond acceptors (Lipinski definition) is 3. The molecule has 3 N–H and O–H groups in total. The maximum Gasteiger partial charge on any atom is 0.263 e. The third-order valence-electron chi connectivity index (χ3n) is 3.55. The molecule has 1 atom stereocenters. The van der Waals surface area contributed by atoms with Crippen molar-refractivity contribution in [1.29, 1.82) is 0 Å². The van der Waals surface area contributed by atoms with Crippen molar-refractivity contribution in [2.24, 2.45) is 22.1 Å². The summed E-state index contributed by atoms with van der Waals surface area (Å²) in [6.07, 6.45) is 2.15. The monoisotopic (exact) mass is 223 g/mol. The molecule has 16 heavy (non-hydrogen) atoms. The van der Waals surface area contributed by atoms with E-state index in [2.05, 4.69) is 10.3 Å². The predicted molar refractivity (Wildman–Crippen MR) is 59.7 cm³/mol. The van der Waals surface area contributed by atoms with Crippen LogP contribution in [0.2, 0.25) is 0 Å². The van der Waals surface area contributed by atoms with Gasteiger partial charge in [-0.05, 0) is 18.8 Å². The lowest BCUT2D eigenvalue weighted by Gasteiger charge is -2.40. The van der Waals surface area contributed by atoms with Gasteiger partial charge in [-0.15, -0.1) is 0 Å². The van der Waals surface area contributed by atoms with E-state index in [1.807, 2.05) is 13.8 Å². The summed E-state index contributed by atoms with van der Waals surface area (Å²) in [4.78, 5) is 27.7. The summed E-state index contributed by atoms with van der Waals surface area (Å²) in [5, 5.41) is 2.69. The average molecular weight is 223 g/mol. The summed E-state index contributed by atoms with van der Waals surface area (Å²) in [6, 6.07) is -0.384. The smallest absolute Gasteiger partial charge is 0.263 e. The van der Waals surface area contributed by atoms with E-state index in [9.17, 15) is 9.59 Å². The lowest BCUT2D eigenvalue weighted by Crippen LogP contribution is -2.59. The molecule has 0 aromatic rings. The first kappa shape index (κ1) is 11.3. The Morgan fingerprint density at radius 1 is 1.38 bits per heavy atom. The summed E-state index contributed by atoms with van der Waals surface area (Å²) < 4.78 is 0. The predicted octanol–water partition coefficient (Wildman–Crippen LogP) is 0.195. The van der Waals surface area contributed by atoms with Gasteiger partial charge in [0.2, 0.25) is 5.91 Å². The summed E-state index contributed by atoms with van der Waals surface area (Å²) in [7, 11) is 0. The van der Waals surface area contributed by atoms with E-state index in [1.165, 1.54) is 0 Å². The Hall–Kier alpha value is -1.23. The van der Waals surface area contributed by atoms with Crippen LogP contribution < -0.4 is 11.1 Å². The van der Waals surface area contributed by atoms with Crippen molar-refractivity contribution < 1.29 is 9.59 Å². The second kappa shape index (κ2) is 3.66. The second-order valence-electron chi connectivity index (χ2n) is 4.96. The Morgan fingerprint density at radius 3 is 2.38 bits per heavy atom. The fourth-order valence-corrected chi connectivity index (χ4v) is 2.02. The van der Waals surface area contributed by atoms with Gasteiger partial charge in [0.15, 0.2) is 0 Å². The Bertz CT molecular complexity index is 369. The van der Waals surface area contributed by atoms with Crippen molar-refractivity contribution >= 4 is 17.6 Å². The number of carbonyl (C=O) groups is 2. The van der Waals surface area contributed by atoms with Crippen LogP contribution in [-0.4, -0.2) is 23.7 Å². The molecule has 0 radical (unpaired) electrons. The number of nitrogens with two attached hydrogens (primary N) is 1. The highest BCUT2D eigenvalue weighted by Crippen LogP contribution is 2.43.